The minimum atomic E-state index is -3.57. The first-order chi connectivity index (χ1) is 14.8. The fourth-order valence-corrected chi connectivity index (χ4v) is 4.97. The van der Waals surface area contributed by atoms with E-state index in [0.29, 0.717) is 30.3 Å². The zero-order valence-electron chi connectivity index (χ0n) is 18.1. The van der Waals surface area contributed by atoms with Crippen molar-refractivity contribution in [1.82, 2.24) is 4.31 Å². The summed E-state index contributed by atoms with van der Waals surface area (Å²) in [5.74, 6) is 0.870. The number of nitrogens with one attached hydrogen (secondary N) is 1. The lowest BCUT2D eigenvalue weighted by molar-refractivity contribution is -0.111. The van der Waals surface area contributed by atoms with E-state index in [2.05, 4.69) is 5.32 Å². The molecule has 1 saturated heterocycles. The number of hydrogen-bond acceptors (Lipinski definition) is 5. The van der Waals surface area contributed by atoms with Gasteiger partial charge in [-0.15, -0.1) is 0 Å². The highest BCUT2D eigenvalue weighted by Gasteiger charge is 2.26. The molecule has 0 radical (unpaired) electrons. The van der Waals surface area contributed by atoms with Gasteiger partial charge >= 0.3 is 0 Å². The van der Waals surface area contributed by atoms with Gasteiger partial charge in [-0.1, -0.05) is 12.5 Å². The Hall–Kier alpha value is -2.84. The Balaban J connectivity index is 1.77. The van der Waals surface area contributed by atoms with Gasteiger partial charge in [0.2, 0.25) is 15.9 Å². The lowest BCUT2D eigenvalue weighted by atomic mass is 10.1. The summed E-state index contributed by atoms with van der Waals surface area (Å²) in [6.07, 6.45) is 5.82. The van der Waals surface area contributed by atoms with Crippen molar-refractivity contribution in [3.63, 3.8) is 0 Å². The number of nitrogens with zero attached hydrogens (tertiary/aromatic N) is 1. The molecule has 0 unspecified atom stereocenters. The van der Waals surface area contributed by atoms with E-state index >= 15 is 0 Å². The third-order valence-electron chi connectivity index (χ3n) is 5.22. The zero-order valence-corrected chi connectivity index (χ0v) is 18.9. The maximum absolute atomic E-state index is 12.9. The number of methoxy groups -OCH3 is 2. The molecule has 0 aliphatic carbocycles. The Morgan fingerprint density at radius 2 is 1.65 bits per heavy atom. The summed E-state index contributed by atoms with van der Waals surface area (Å²) in [4.78, 5) is 12.7. The number of carbonyl (C=O) groups is 1. The van der Waals surface area contributed by atoms with E-state index in [1.165, 1.54) is 16.4 Å². The van der Waals surface area contributed by atoms with Gasteiger partial charge in [0.15, 0.2) is 0 Å². The van der Waals surface area contributed by atoms with Crippen LogP contribution < -0.4 is 14.8 Å². The van der Waals surface area contributed by atoms with E-state index in [-0.39, 0.29) is 10.8 Å². The minimum absolute atomic E-state index is 0.191. The molecule has 1 aliphatic heterocycles. The van der Waals surface area contributed by atoms with Gasteiger partial charge in [0.1, 0.15) is 11.5 Å². The lowest BCUT2D eigenvalue weighted by Crippen LogP contribution is -2.35. The van der Waals surface area contributed by atoms with Crippen molar-refractivity contribution < 1.29 is 22.7 Å². The van der Waals surface area contributed by atoms with Crippen LogP contribution in [-0.4, -0.2) is 45.9 Å². The van der Waals surface area contributed by atoms with E-state index in [1.807, 2.05) is 6.92 Å². The molecule has 1 fully saturated rings. The van der Waals surface area contributed by atoms with Crippen molar-refractivity contribution in [3.05, 3.63) is 53.6 Å². The minimum Gasteiger partial charge on any atom is -0.497 e. The van der Waals surface area contributed by atoms with Crippen molar-refractivity contribution in [2.45, 2.75) is 31.1 Å². The molecule has 7 nitrogen and oxygen atoms in total. The quantitative estimate of drug-likeness (QED) is 0.656. The molecule has 0 saturated carbocycles. The Labute approximate surface area is 183 Å². The molecule has 1 heterocycles. The predicted octanol–water partition coefficient (Wildman–Crippen LogP) is 3.84. The van der Waals surface area contributed by atoms with Crippen molar-refractivity contribution in [2.75, 3.05) is 32.6 Å². The summed E-state index contributed by atoms with van der Waals surface area (Å²) in [6, 6.07) is 10.1. The molecule has 3 rings (SSSR count). The summed E-state index contributed by atoms with van der Waals surface area (Å²) in [5, 5.41) is 2.78. The number of rotatable bonds is 7. The Bertz CT molecular complexity index is 1050. The van der Waals surface area contributed by atoms with E-state index in [4.69, 9.17) is 9.47 Å². The van der Waals surface area contributed by atoms with Gasteiger partial charge in [-0.05, 0) is 61.2 Å². The molecule has 0 bridgehead atoms. The van der Waals surface area contributed by atoms with E-state index in [0.717, 1.165) is 30.4 Å². The van der Waals surface area contributed by atoms with E-state index < -0.39 is 10.0 Å². The van der Waals surface area contributed by atoms with Crippen molar-refractivity contribution in [2.24, 2.45) is 0 Å². The topological polar surface area (TPSA) is 84.9 Å². The van der Waals surface area contributed by atoms with Crippen molar-refractivity contribution in [3.8, 4) is 11.5 Å². The van der Waals surface area contributed by atoms with Gasteiger partial charge in [-0.25, -0.2) is 8.42 Å². The van der Waals surface area contributed by atoms with E-state index in [1.54, 1.807) is 50.6 Å². The zero-order chi connectivity index (χ0) is 22.4. The van der Waals surface area contributed by atoms with Gasteiger partial charge in [0, 0.05) is 30.9 Å². The second-order valence-corrected chi connectivity index (χ2v) is 9.35. The number of sulfonamides is 1. The molecule has 2 aromatic rings. The first-order valence-electron chi connectivity index (χ1n) is 10.2. The first-order valence-corrected chi connectivity index (χ1v) is 11.6. The molecular formula is C23H28N2O5S. The highest BCUT2D eigenvalue weighted by Crippen LogP contribution is 2.26. The molecular weight excluding hydrogens is 416 g/mol. The van der Waals surface area contributed by atoms with Crippen LogP contribution in [0.1, 0.15) is 30.4 Å². The van der Waals surface area contributed by atoms with Crippen molar-refractivity contribution in [1.29, 1.82) is 0 Å². The number of ether oxygens (including phenoxy) is 2. The molecule has 166 valence electrons. The molecule has 0 spiro atoms. The fourth-order valence-electron chi connectivity index (χ4n) is 3.42. The summed E-state index contributed by atoms with van der Waals surface area (Å²) in [6.45, 7) is 2.89. The number of benzene rings is 2. The maximum Gasteiger partial charge on any atom is 0.248 e. The normalized spacial score (nSPS) is 15.1. The molecule has 31 heavy (non-hydrogen) atoms. The first kappa shape index (κ1) is 22.8. The maximum atomic E-state index is 12.9. The van der Waals surface area contributed by atoms with Crippen LogP contribution in [0.5, 0.6) is 11.5 Å². The van der Waals surface area contributed by atoms with Gasteiger partial charge in [-0.3, -0.25) is 4.79 Å². The largest absolute Gasteiger partial charge is 0.497 e. The molecule has 8 heteroatoms. The molecule has 0 aromatic heterocycles. The smallest absolute Gasteiger partial charge is 0.248 e. The average molecular weight is 445 g/mol. The molecule has 1 amide bonds. The highest BCUT2D eigenvalue weighted by molar-refractivity contribution is 7.89. The fraction of sp³-hybridized carbons (Fsp3) is 0.348. The molecule has 2 aromatic carbocycles. The molecule has 0 atom stereocenters. The number of aryl methyl sites for hydroxylation is 1. The molecule has 1 aliphatic rings. The highest BCUT2D eigenvalue weighted by atomic mass is 32.2. The number of amides is 1. The lowest BCUT2D eigenvalue weighted by Gasteiger charge is -2.26. The Morgan fingerprint density at radius 3 is 2.26 bits per heavy atom. The number of carbonyl (C=O) groups excluding carboxylic acids is 1. The standard InChI is InChI=1S/C23H28N2O5S/c1-17-7-9-21(31(27,28)25-11-5-4-6-12-25)16-22(17)24-23(26)10-8-18-13-19(29-2)15-20(14-18)30-3/h7-10,13-16H,4-6,11-12H2,1-3H3,(H,24,26)/b10-8+. The van der Waals surface area contributed by atoms with Crippen LogP contribution in [0.25, 0.3) is 6.08 Å². The summed E-state index contributed by atoms with van der Waals surface area (Å²) < 4.78 is 37.9. The summed E-state index contributed by atoms with van der Waals surface area (Å²) in [5.41, 5.74) is 1.99. The van der Waals surface area contributed by atoms with Crippen LogP contribution >= 0.6 is 0 Å². The van der Waals surface area contributed by atoms with Crippen LogP contribution in [0.3, 0.4) is 0 Å². The van der Waals surface area contributed by atoms with E-state index in [9.17, 15) is 13.2 Å². The predicted molar refractivity (Wildman–Crippen MR) is 121 cm³/mol. The Morgan fingerprint density at radius 1 is 1.00 bits per heavy atom. The summed E-state index contributed by atoms with van der Waals surface area (Å²) in [7, 11) is -0.455. The van der Waals surface area contributed by atoms with Gasteiger partial charge < -0.3 is 14.8 Å². The Kier molecular flexibility index (Phi) is 7.35. The number of piperidine rings is 1. The second kappa shape index (κ2) is 9.98. The monoisotopic (exact) mass is 444 g/mol. The average Bonchev–Trinajstić information content (AvgIpc) is 2.79. The second-order valence-electron chi connectivity index (χ2n) is 7.41. The number of anilines is 1. The number of hydrogen-bond donors (Lipinski definition) is 1. The van der Waals surface area contributed by atoms with Crippen LogP contribution in [0.2, 0.25) is 0 Å². The van der Waals surface area contributed by atoms with Crippen LogP contribution in [0.4, 0.5) is 5.69 Å². The third-order valence-corrected chi connectivity index (χ3v) is 7.12. The van der Waals surface area contributed by atoms with Gasteiger partial charge in [0.05, 0.1) is 19.1 Å². The SMILES string of the molecule is COc1cc(/C=C/C(=O)Nc2cc(S(=O)(=O)N3CCCCC3)ccc2C)cc(OC)c1. The summed E-state index contributed by atoms with van der Waals surface area (Å²) >= 11 is 0. The van der Waals surface area contributed by atoms with Gasteiger partial charge in [0.25, 0.3) is 0 Å². The third kappa shape index (κ3) is 5.65. The van der Waals surface area contributed by atoms with Crippen LogP contribution in [0, 0.1) is 6.92 Å². The van der Waals surface area contributed by atoms with Crippen molar-refractivity contribution >= 4 is 27.7 Å². The van der Waals surface area contributed by atoms with Crippen LogP contribution in [-0.2, 0) is 14.8 Å². The molecule has 1 N–H and O–H groups in total. The van der Waals surface area contributed by atoms with Gasteiger partial charge in [-0.2, -0.15) is 4.31 Å². The van der Waals surface area contributed by atoms with Crippen LogP contribution in [0.15, 0.2) is 47.4 Å².